The molecular weight excluding hydrogens is 180 g/mol. The summed E-state index contributed by atoms with van der Waals surface area (Å²) in [5.41, 5.74) is 0. The summed E-state index contributed by atoms with van der Waals surface area (Å²) < 4.78 is 0. The molecule has 0 saturated heterocycles. The lowest BCUT2D eigenvalue weighted by Crippen LogP contribution is -2.23. The van der Waals surface area contributed by atoms with E-state index in [0.29, 0.717) is 0 Å². The van der Waals surface area contributed by atoms with E-state index in [4.69, 9.17) is 0 Å². The molecule has 15 heavy (non-hydrogen) atoms. The van der Waals surface area contributed by atoms with Crippen LogP contribution in [-0.2, 0) is 0 Å². The summed E-state index contributed by atoms with van der Waals surface area (Å²) in [5.74, 6) is 3.57. The number of hydrogen-bond acceptors (Lipinski definition) is 0. The van der Waals surface area contributed by atoms with Gasteiger partial charge in [-0.15, -0.1) is 0 Å². The molecule has 0 aliphatic heterocycles. The van der Waals surface area contributed by atoms with E-state index in [0.717, 1.165) is 23.7 Å². The molecule has 3 atom stereocenters. The third kappa shape index (κ3) is 5.58. The van der Waals surface area contributed by atoms with Gasteiger partial charge in [-0.25, -0.2) is 0 Å². The Hall–Kier alpha value is 0. The summed E-state index contributed by atoms with van der Waals surface area (Å²) in [4.78, 5) is 0. The minimum absolute atomic E-state index is 0.839. The van der Waals surface area contributed by atoms with Crippen LogP contribution < -0.4 is 0 Å². The molecule has 0 heterocycles. The van der Waals surface area contributed by atoms with Crippen molar-refractivity contribution < 1.29 is 0 Å². The van der Waals surface area contributed by atoms with Crippen molar-refractivity contribution in [3.8, 4) is 0 Å². The summed E-state index contributed by atoms with van der Waals surface area (Å²) in [6.45, 7) is 14.3. The fourth-order valence-corrected chi connectivity index (χ4v) is 2.49. The number of unbranched alkanes of at least 4 members (excludes halogenated alkanes) is 2. The molecule has 0 bridgehead atoms. The third-order valence-corrected chi connectivity index (χ3v) is 4.24. The Bertz CT molecular complexity index is 137. The second-order valence-corrected chi connectivity index (χ2v) is 5.65. The van der Waals surface area contributed by atoms with E-state index >= 15 is 0 Å². The molecule has 0 heteroatoms. The molecule has 0 aromatic rings. The Morgan fingerprint density at radius 3 is 1.87 bits per heavy atom. The SMILES string of the molecule is CCCCCC(C(C)CC)C(C)C(C)C. The summed E-state index contributed by atoms with van der Waals surface area (Å²) in [5, 5.41) is 0. The van der Waals surface area contributed by atoms with Crippen LogP contribution in [0.2, 0.25) is 0 Å². The minimum atomic E-state index is 0.839. The van der Waals surface area contributed by atoms with Crippen molar-refractivity contribution in [2.24, 2.45) is 23.7 Å². The Balaban J connectivity index is 4.17. The first kappa shape index (κ1) is 15.0. The Labute approximate surface area is 97.8 Å². The average molecular weight is 212 g/mol. The minimum Gasteiger partial charge on any atom is -0.0654 e. The first-order chi connectivity index (χ1) is 7.04. The van der Waals surface area contributed by atoms with E-state index in [1.807, 2.05) is 0 Å². The van der Waals surface area contributed by atoms with Gasteiger partial charge in [0.15, 0.2) is 0 Å². The highest BCUT2D eigenvalue weighted by Crippen LogP contribution is 2.33. The second-order valence-electron chi connectivity index (χ2n) is 5.65. The molecule has 0 aliphatic carbocycles. The van der Waals surface area contributed by atoms with Gasteiger partial charge in [-0.2, -0.15) is 0 Å². The lowest BCUT2D eigenvalue weighted by Gasteiger charge is -2.31. The molecule has 0 rings (SSSR count). The van der Waals surface area contributed by atoms with Gasteiger partial charge < -0.3 is 0 Å². The average Bonchev–Trinajstić information content (AvgIpc) is 2.22. The molecule has 3 unspecified atom stereocenters. The van der Waals surface area contributed by atoms with Crippen molar-refractivity contribution >= 4 is 0 Å². The van der Waals surface area contributed by atoms with E-state index in [-0.39, 0.29) is 0 Å². The maximum absolute atomic E-state index is 2.45. The molecule has 0 aromatic carbocycles. The van der Waals surface area contributed by atoms with Crippen molar-refractivity contribution in [1.82, 2.24) is 0 Å². The zero-order chi connectivity index (χ0) is 11.8. The third-order valence-electron chi connectivity index (χ3n) is 4.24. The van der Waals surface area contributed by atoms with Crippen molar-refractivity contribution in [2.75, 3.05) is 0 Å². The smallest absolute Gasteiger partial charge is 0.0360 e. The fraction of sp³-hybridized carbons (Fsp3) is 1.00. The molecule has 92 valence electrons. The van der Waals surface area contributed by atoms with Gasteiger partial charge in [-0.1, -0.05) is 67.2 Å². The fourth-order valence-electron chi connectivity index (χ4n) is 2.49. The van der Waals surface area contributed by atoms with Gasteiger partial charge in [0.05, 0.1) is 0 Å². The molecule has 0 nitrogen and oxygen atoms in total. The first-order valence-electron chi connectivity index (χ1n) is 7.04. The summed E-state index contributed by atoms with van der Waals surface area (Å²) in [6, 6.07) is 0. The number of hydrogen-bond donors (Lipinski definition) is 0. The van der Waals surface area contributed by atoms with Crippen LogP contribution in [0, 0.1) is 23.7 Å². The molecule has 0 radical (unpaired) electrons. The number of rotatable bonds is 8. The quantitative estimate of drug-likeness (QED) is 0.465. The highest BCUT2D eigenvalue weighted by Gasteiger charge is 2.23. The zero-order valence-corrected chi connectivity index (χ0v) is 11.8. The molecule has 0 spiro atoms. The molecule has 0 amide bonds. The van der Waals surface area contributed by atoms with Crippen molar-refractivity contribution in [3.05, 3.63) is 0 Å². The summed E-state index contributed by atoms with van der Waals surface area (Å²) in [6.07, 6.45) is 6.99. The largest absolute Gasteiger partial charge is 0.0654 e. The van der Waals surface area contributed by atoms with Crippen LogP contribution in [0.5, 0.6) is 0 Å². The van der Waals surface area contributed by atoms with Crippen LogP contribution in [0.15, 0.2) is 0 Å². The molecule has 0 N–H and O–H groups in total. The second kappa shape index (κ2) is 8.19. The van der Waals surface area contributed by atoms with E-state index in [1.165, 1.54) is 32.1 Å². The van der Waals surface area contributed by atoms with E-state index in [9.17, 15) is 0 Å². The van der Waals surface area contributed by atoms with Crippen molar-refractivity contribution in [2.45, 2.75) is 73.6 Å². The highest BCUT2D eigenvalue weighted by molar-refractivity contribution is 4.73. The van der Waals surface area contributed by atoms with Gasteiger partial charge in [0, 0.05) is 0 Å². The van der Waals surface area contributed by atoms with E-state index in [2.05, 4.69) is 41.5 Å². The molecule has 0 aliphatic rings. The van der Waals surface area contributed by atoms with Gasteiger partial charge in [0.1, 0.15) is 0 Å². The van der Waals surface area contributed by atoms with Crippen LogP contribution in [0.1, 0.15) is 73.6 Å². The predicted molar refractivity (Wildman–Crippen MR) is 71.1 cm³/mol. The summed E-state index contributed by atoms with van der Waals surface area (Å²) >= 11 is 0. The van der Waals surface area contributed by atoms with Crippen LogP contribution in [-0.4, -0.2) is 0 Å². The Morgan fingerprint density at radius 1 is 0.867 bits per heavy atom. The van der Waals surface area contributed by atoms with Crippen molar-refractivity contribution in [3.63, 3.8) is 0 Å². The summed E-state index contributed by atoms with van der Waals surface area (Å²) in [7, 11) is 0. The van der Waals surface area contributed by atoms with Gasteiger partial charge >= 0.3 is 0 Å². The first-order valence-corrected chi connectivity index (χ1v) is 7.04. The highest BCUT2D eigenvalue weighted by atomic mass is 14.3. The normalized spacial score (nSPS) is 17.8. The van der Waals surface area contributed by atoms with Gasteiger partial charge in [0.2, 0.25) is 0 Å². The van der Waals surface area contributed by atoms with Crippen molar-refractivity contribution in [1.29, 1.82) is 0 Å². The molecule has 0 fully saturated rings. The maximum Gasteiger partial charge on any atom is -0.0360 e. The molecule has 0 aromatic heterocycles. The predicted octanol–water partition coefficient (Wildman–Crippen LogP) is 5.52. The van der Waals surface area contributed by atoms with Gasteiger partial charge in [0.25, 0.3) is 0 Å². The maximum atomic E-state index is 2.45. The lowest BCUT2D eigenvalue weighted by molar-refractivity contribution is 0.183. The zero-order valence-electron chi connectivity index (χ0n) is 11.8. The van der Waals surface area contributed by atoms with E-state index in [1.54, 1.807) is 0 Å². The van der Waals surface area contributed by atoms with Gasteiger partial charge in [-0.05, 0) is 30.1 Å². The van der Waals surface area contributed by atoms with Crippen LogP contribution >= 0.6 is 0 Å². The monoisotopic (exact) mass is 212 g/mol. The Kier molecular flexibility index (Phi) is 8.19. The Morgan fingerprint density at radius 2 is 1.47 bits per heavy atom. The van der Waals surface area contributed by atoms with Crippen LogP contribution in [0.25, 0.3) is 0 Å². The van der Waals surface area contributed by atoms with Crippen LogP contribution in [0.3, 0.4) is 0 Å². The van der Waals surface area contributed by atoms with Gasteiger partial charge in [-0.3, -0.25) is 0 Å². The molecular formula is C15H32. The molecule has 0 saturated carbocycles. The lowest BCUT2D eigenvalue weighted by atomic mass is 9.74. The van der Waals surface area contributed by atoms with E-state index < -0.39 is 0 Å². The topological polar surface area (TPSA) is 0 Å². The van der Waals surface area contributed by atoms with Crippen LogP contribution in [0.4, 0.5) is 0 Å². The standard InChI is InChI=1S/C15H32/c1-7-9-10-11-15(13(5)8-2)14(6)12(3)4/h12-15H,7-11H2,1-6H3.